The van der Waals surface area contributed by atoms with Crippen molar-refractivity contribution in [2.45, 2.75) is 39.8 Å². The van der Waals surface area contributed by atoms with Gasteiger partial charge in [0, 0.05) is 26.2 Å². The van der Waals surface area contributed by atoms with Crippen molar-refractivity contribution in [3.05, 3.63) is 35.4 Å². The minimum absolute atomic E-state index is 0.311. The van der Waals surface area contributed by atoms with E-state index in [-0.39, 0.29) is 0 Å². The van der Waals surface area contributed by atoms with E-state index in [4.69, 9.17) is 10.5 Å². The van der Waals surface area contributed by atoms with E-state index in [0.29, 0.717) is 25.1 Å². The summed E-state index contributed by atoms with van der Waals surface area (Å²) < 4.78 is 5.16. The highest BCUT2D eigenvalue weighted by molar-refractivity contribution is 5.25. The van der Waals surface area contributed by atoms with Crippen LogP contribution in [0, 0.1) is 5.92 Å². The summed E-state index contributed by atoms with van der Waals surface area (Å²) in [5.74, 6) is 0.705. The second-order valence-corrected chi connectivity index (χ2v) is 5.53. The highest BCUT2D eigenvalue weighted by atomic mass is 16.5. The zero-order chi connectivity index (χ0) is 15.0. The Balaban J connectivity index is 2.81. The Morgan fingerprint density at radius 2 is 1.85 bits per heavy atom. The van der Waals surface area contributed by atoms with Gasteiger partial charge in [0.15, 0.2) is 0 Å². The number of hydrogen-bond acceptors (Lipinski definition) is 3. The first-order valence-corrected chi connectivity index (χ1v) is 7.68. The summed E-state index contributed by atoms with van der Waals surface area (Å²) in [6.45, 7) is 10.2. The van der Waals surface area contributed by atoms with E-state index in [9.17, 15) is 0 Å². The van der Waals surface area contributed by atoms with Crippen LogP contribution in [-0.4, -0.2) is 31.6 Å². The molecule has 2 atom stereocenters. The van der Waals surface area contributed by atoms with Crippen molar-refractivity contribution in [2.24, 2.45) is 11.7 Å². The lowest BCUT2D eigenvalue weighted by atomic mass is 10.0. The molecule has 0 fully saturated rings. The van der Waals surface area contributed by atoms with Gasteiger partial charge >= 0.3 is 0 Å². The molecule has 1 rings (SSSR count). The van der Waals surface area contributed by atoms with Crippen LogP contribution in [0.2, 0.25) is 0 Å². The van der Waals surface area contributed by atoms with Crippen LogP contribution in [0.5, 0.6) is 0 Å². The summed E-state index contributed by atoms with van der Waals surface area (Å²) in [4.78, 5) is 2.49. The number of likely N-dealkylation sites (N-methyl/N-ethyl adjacent to an activating group) is 1. The Labute approximate surface area is 124 Å². The van der Waals surface area contributed by atoms with E-state index in [1.54, 1.807) is 7.11 Å². The van der Waals surface area contributed by atoms with Gasteiger partial charge in [-0.3, -0.25) is 4.90 Å². The van der Waals surface area contributed by atoms with Crippen molar-refractivity contribution in [2.75, 3.05) is 26.7 Å². The molecule has 1 aromatic rings. The van der Waals surface area contributed by atoms with Gasteiger partial charge < -0.3 is 10.5 Å². The third-order valence-corrected chi connectivity index (χ3v) is 3.99. The third kappa shape index (κ3) is 4.89. The number of hydrogen-bond donors (Lipinski definition) is 1. The fraction of sp³-hybridized carbons (Fsp3) is 0.647. The van der Waals surface area contributed by atoms with Gasteiger partial charge in [0.05, 0.1) is 6.61 Å². The molecule has 0 saturated carbocycles. The molecule has 0 amide bonds. The van der Waals surface area contributed by atoms with Crippen molar-refractivity contribution in [1.82, 2.24) is 4.90 Å². The molecule has 0 spiro atoms. The van der Waals surface area contributed by atoms with Crippen LogP contribution >= 0.6 is 0 Å². The van der Waals surface area contributed by atoms with Crippen molar-refractivity contribution < 1.29 is 4.74 Å². The summed E-state index contributed by atoms with van der Waals surface area (Å²) in [5.41, 5.74) is 8.54. The second kappa shape index (κ2) is 9.11. The molecular formula is C17H30N2O. The first kappa shape index (κ1) is 17.2. The number of rotatable bonds is 9. The molecule has 20 heavy (non-hydrogen) atoms. The number of ether oxygens (including phenoxy) is 1. The molecule has 0 aromatic heterocycles. The SMILES string of the molecule is CCC(C)CN(CC)C(CN)c1ccc(COC)cc1. The molecule has 0 aliphatic carbocycles. The van der Waals surface area contributed by atoms with Gasteiger partial charge in [0.1, 0.15) is 0 Å². The standard InChI is InChI=1S/C17H30N2O/c1-5-14(3)12-19(6-2)17(11-18)16-9-7-15(8-10-16)13-20-4/h7-10,14,17H,5-6,11-13,18H2,1-4H3. The summed E-state index contributed by atoms with van der Waals surface area (Å²) >= 11 is 0. The maximum atomic E-state index is 6.03. The molecular weight excluding hydrogens is 248 g/mol. The second-order valence-electron chi connectivity index (χ2n) is 5.53. The summed E-state index contributed by atoms with van der Waals surface area (Å²) in [6.07, 6.45) is 1.21. The van der Waals surface area contributed by atoms with E-state index in [0.717, 1.165) is 13.1 Å². The van der Waals surface area contributed by atoms with Gasteiger partial charge in [-0.2, -0.15) is 0 Å². The molecule has 114 valence electrons. The normalized spacial score (nSPS) is 14.5. The smallest absolute Gasteiger partial charge is 0.0713 e. The monoisotopic (exact) mass is 278 g/mol. The number of nitrogens with two attached hydrogens (primary N) is 1. The lowest BCUT2D eigenvalue weighted by molar-refractivity contribution is 0.181. The van der Waals surface area contributed by atoms with E-state index < -0.39 is 0 Å². The summed E-state index contributed by atoms with van der Waals surface area (Å²) in [6, 6.07) is 8.96. The van der Waals surface area contributed by atoms with Crippen LogP contribution in [0.3, 0.4) is 0 Å². The van der Waals surface area contributed by atoms with Gasteiger partial charge in [-0.25, -0.2) is 0 Å². The molecule has 2 unspecified atom stereocenters. The topological polar surface area (TPSA) is 38.5 Å². The fourth-order valence-corrected chi connectivity index (χ4v) is 2.50. The van der Waals surface area contributed by atoms with Crippen molar-refractivity contribution in [3.8, 4) is 0 Å². The molecule has 2 N–H and O–H groups in total. The van der Waals surface area contributed by atoms with Crippen LogP contribution in [0.1, 0.15) is 44.4 Å². The minimum atomic E-state index is 0.311. The van der Waals surface area contributed by atoms with E-state index in [1.165, 1.54) is 17.5 Å². The van der Waals surface area contributed by atoms with E-state index in [2.05, 4.69) is 49.9 Å². The predicted molar refractivity (Wildman–Crippen MR) is 85.7 cm³/mol. The average molecular weight is 278 g/mol. The molecule has 0 aliphatic rings. The first-order chi connectivity index (χ1) is 9.65. The Bertz CT molecular complexity index is 364. The predicted octanol–water partition coefficient (Wildman–Crippen LogP) is 3.20. The van der Waals surface area contributed by atoms with Crippen LogP contribution in [0.25, 0.3) is 0 Å². The van der Waals surface area contributed by atoms with Gasteiger partial charge in [0.25, 0.3) is 0 Å². The number of benzene rings is 1. The van der Waals surface area contributed by atoms with Gasteiger partial charge in [-0.05, 0) is 23.6 Å². The van der Waals surface area contributed by atoms with Gasteiger partial charge in [0.2, 0.25) is 0 Å². The zero-order valence-corrected chi connectivity index (χ0v) is 13.4. The Kier molecular flexibility index (Phi) is 7.82. The Morgan fingerprint density at radius 1 is 1.20 bits per heavy atom. The third-order valence-electron chi connectivity index (χ3n) is 3.99. The van der Waals surface area contributed by atoms with Crippen LogP contribution in [0.4, 0.5) is 0 Å². The summed E-state index contributed by atoms with van der Waals surface area (Å²) in [7, 11) is 1.72. The maximum Gasteiger partial charge on any atom is 0.0713 e. The van der Waals surface area contributed by atoms with Crippen LogP contribution in [0.15, 0.2) is 24.3 Å². The molecule has 0 heterocycles. The lowest BCUT2D eigenvalue weighted by Gasteiger charge is -2.32. The van der Waals surface area contributed by atoms with Crippen LogP contribution in [-0.2, 0) is 11.3 Å². The molecule has 0 aliphatic heterocycles. The summed E-state index contributed by atoms with van der Waals surface area (Å²) in [5, 5.41) is 0. The molecule has 0 saturated heterocycles. The maximum absolute atomic E-state index is 6.03. The van der Waals surface area contributed by atoms with Crippen molar-refractivity contribution >= 4 is 0 Å². The average Bonchev–Trinajstić information content (AvgIpc) is 2.48. The molecule has 1 aromatic carbocycles. The fourth-order valence-electron chi connectivity index (χ4n) is 2.50. The van der Waals surface area contributed by atoms with Crippen molar-refractivity contribution in [1.29, 1.82) is 0 Å². The Morgan fingerprint density at radius 3 is 2.30 bits per heavy atom. The number of nitrogens with zero attached hydrogens (tertiary/aromatic N) is 1. The Hall–Kier alpha value is -0.900. The van der Waals surface area contributed by atoms with Crippen LogP contribution < -0.4 is 5.73 Å². The molecule has 0 radical (unpaired) electrons. The minimum Gasteiger partial charge on any atom is -0.380 e. The first-order valence-electron chi connectivity index (χ1n) is 7.68. The van der Waals surface area contributed by atoms with Gasteiger partial charge in [-0.1, -0.05) is 51.5 Å². The van der Waals surface area contributed by atoms with E-state index >= 15 is 0 Å². The zero-order valence-electron chi connectivity index (χ0n) is 13.4. The molecule has 0 bridgehead atoms. The highest BCUT2D eigenvalue weighted by Gasteiger charge is 2.19. The van der Waals surface area contributed by atoms with Crippen molar-refractivity contribution in [3.63, 3.8) is 0 Å². The number of methoxy groups -OCH3 is 1. The quantitative estimate of drug-likeness (QED) is 0.754. The van der Waals surface area contributed by atoms with Gasteiger partial charge in [-0.15, -0.1) is 0 Å². The van der Waals surface area contributed by atoms with E-state index in [1.807, 2.05) is 0 Å². The molecule has 3 nitrogen and oxygen atoms in total. The largest absolute Gasteiger partial charge is 0.380 e. The molecule has 3 heteroatoms. The lowest BCUT2D eigenvalue weighted by Crippen LogP contribution is -2.36. The highest BCUT2D eigenvalue weighted by Crippen LogP contribution is 2.22.